The first kappa shape index (κ1) is 15.3. The predicted octanol–water partition coefficient (Wildman–Crippen LogP) is 1.55. The van der Waals surface area contributed by atoms with Gasteiger partial charge in [0.05, 0.1) is 19.6 Å². The van der Waals surface area contributed by atoms with Gasteiger partial charge in [-0.3, -0.25) is 14.6 Å². The highest BCUT2D eigenvalue weighted by atomic mass is 16.5. The summed E-state index contributed by atoms with van der Waals surface area (Å²) >= 11 is 0. The van der Waals surface area contributed by atoms with Crippen LogP contribution in [-0.4, -0.2) is 36.6 Å². The Bertz CT molecular complexity index is 392. The molecular formula is C14H19NO4. The molecule has 1 aromatic rings. The van der Waals surface area contributed by atoms with Crippen LogP contribution in [0.4, 0.5) is 0 Å². The molecular weight excluding hydrogens is 246 g/mol. The molecule has 0 bridgehead atoms. The van der Waals surface area contributed by atoms with E-state index in [4.69, 9.17) is 9.47 Å². The van der Waals surface area contributed by atoms with E-state index in [1.54, 1.807) is 13.1 Å². The SMILES string of the molecule is CCOC(=O)CCC(=O)COCCc1ccccn1. The average molecular weight is 265 g/mol. The third kappa shape index (κ3) is 7.31. The summed E-state index contributed by atoms with van der Waals surface area (Å²) in [5, 5.41) is 0. The molecule has 0 saturated carbocycles. The van der Waals surface area contributed by atoms with Crippen LogP contribution in [0, 0.1) is 0 Å². The molecule has 0 atom stereocenters. The third-order valence-electron chi connectivity index (χ3n) is 2.41. The molecule has 104 valence electrons. The minimum Gasteiger partial charge on any atom is -0.466 e. The molecule has 0 spiro atoms. The Labute approximate surface area is 112 Å². The summed E-state index contributed by atoms with van der Waals surface area (Å²) in [7, 11) is 0. The van der Waals surface area contributed by atoms with E-state index < -0.39 is 0 Å². The Balaban J connectivity index is 2.06. The second-order valence-corrected chi connectivity index (χ2v) is 3.97. The molecule has 0 amide bonds. The smallest absolute Gasteiger partial charge is 0.306 e. The Morgan fingerprint density at radius 2 is 2.11 bits per heavy atom. The highest BCUT2D eigenvalue weighted by Crippen LogP contribution is 1.97. The number of carbonyl (C=O) groups is 2. The Kier molecular flexibility index (Phi) is 7.43. The van der Waals surface area contributed by atoms with E-state index in [0.29, 0.717) is 19.6 Å². The quantitative estimate of drug-likeness (QED) is 0.500. The maximum Gasteiger partial charge on any atom is 0.306 e. The average Bonchev–Trinajstić information content (AvgIpc) is 2.43. The van der Waals surface area contributed by atoms with E-state index in [9.17, 15) is 9.59 Å². The molecule has 0 radical (unpaired) electrons. The van der Waals surface area contributed by atoms with Crippen molar-refractivity contribution in [1.29, 1.82) is 0 Å². The Morgan fingerprint density at radius 3 is 2.79 bits per heavy atom. The summed E-state index contributed by atoms with van der Waals surface area (Å²) < 4.78 is 9.99. The van der Waals surface area contributed by atoms with Crippen molar-refractivity contribution in [3.8, 4) is 0 Å². The lowest BCUT2D eigenvalue weighted by molar-refractivity contribution is -0.144. The number of esters is 1. The standard InChI is InChI=1S/C14H19NO4/c1-2-19-14(17)7-6-13(16)11-18-10-8-12-5-3-4-9-15-12/h3-5,9H,2,6-8,10-11H2,1H3. The highest BCUT2D eigenvalue weighted by molar-refractivity contribution is 5.83. The van der Waals surface area contributed by atoms with Crippen molar-refractivity contribution >= 4 is 11.8 Å². The van der Waals surface area contributed by atoms with Crippen LogP contribution in [0.15, 0.2) is 24.4 Å². The maximum atomic E-state index is 11.4. The number of hydrogen-bond donors (Lipinski definition) is 0. The molecule has 0 unspecified atom stereocenters. The van der Waals surface area contributed by atoms with Gasteiger partial charge in [0.1, 0.15) is 6.61 Å². The van der Waals surface area contributed by atoms with Crippen LogP contribution in [0.2, 0.25) is 0 Å². The normalized spacial score (nSPS) is 10.2. The zero-order chi connectivity index (χ0) is 13.9. The predicted molar refractivity (Wildman–Crippen MR) is 69.6 cm³/mol. The largest absolute Gasteiger partial charge is 0.466 e. The molecule has 0 aliphatic rings. The molecule has 0 fully saturated rings. The lowest BCUT2D eigenvalue weighted by Gasteiger charge is -2.04. The zero-order valence-corrected chi connectivity index (χ0v) is 11.1. The molecule has 0 aliphatic carbocycles. The van der Waals surface area contributed by atoms with E-state index in [1.165, 1.54) is 0 Å². The highest BCUT2D eigenvalue weighted by Gasteiger charge is 2.07. The van der Waals surface area contributed by atoms with Crippen LogP contribution in [0.1, 0.15) is 25.5 Å². The summed E-state index contributed by atoms with van der Waals surface area (Å²) in [6, 6.07) is 5.67. The van der Waals surface area contributed by atoms with Gasteiger partial charge in [0, 0.05) is 24.7 Å². The van der Waals surface area contributed by atoms with Crippen molar-refractivity contribution in [3.63, 3.8) is 0 Å². The van der Waals surface area contributed by atoms with Gasteiger partial charge < -0.3 is 9.47 Å². The van der Waals surface area contributed by atoms with Crippen molar-refractivity contribution < 1.29 is 19.1 Å². The first-order valence-electron chi connectivity index (χ1n) is 6.37. The minimum atomic E-state index is -0.343. The van der Waals surface area contributed by atoms with E-state index in [1.807, 2.05) is 18.2 Å². The van der Waals surface area contributed by atoms with Crippen molar-refractivity contribution in [1.82, 2.24) is 4.98 Å². The van der Waals surface area contributed by atoms with Crippen molar-refractivity contribution in [2.24, 2.45) is 0 Å². The van der Waals surface area contributed by atoms with Crippen LogP contribution in [0.3, 0.4) is 0 Å². The Hall–Kier alpha value is -1.75. The molecule has 1 rings (SSSR count). The summed E-state index contributed by atoms with van der Waals surface area (Å²) in [5.41, 5.74) is 0.932. The number of ether oxygens (including phenoxy) is 2. The number of Topliss-reactive ketones (excluding diaryl/α,β-unsaturated/α-hetero) is 1. The van der Waals surface area contributed by atoms with Gasteiger partial charge in [-0.15, -0.1) is 0 Å². The van der Waals surface area contributed by atoms with Gasteiger partial charge in [-0.2, -0.15) is 0 Å². The lowest BCUT2D eigenvalue weighted by atomic mass is 10.2. The molecule has 1 heterocycles. The summed E-state index contributed by atoms with van der Waals surface area (Å²) in [6.45, 7) is 2.56. The van der Waals surface area contributed by atoms with Crippen molar-refractivity contribution in [2.45, 2.75) is 26.2 Å². The van der Waals surface area contributed by atoms with Gasteiger partial charge in [-0.1, -0.05) is 6.07 Å². The van der Waals surface area contributed by atoms with E-state index in [2.05, 4.69) is 4.98 Å². The van der Waals surface area contributed by atoms with E-state index in [0.717, 1.165) is 5.69 Å². The van der Waals surface area contributed by atoms with E-state index in [-0.39, 0.29) is 31.2 Å². The van der Waals surface area contributed by atoms with Crippen molar-refractivity contribution in [2.75, 3.05) is 19.8 Å². The third-order valence-corrected chi connectivity index (χ3v) is 2.41. The summed E-state index contributed by atoms with van der Waals surface area (Å²) in [4.78, 5) is 26.6. The topological polar surface area (TPSA) is 65.5 Å². The number of nitrogens with zero attached hydrogens (tertiary/aromatic N) is 1. The fraction of sp³-hybridized carbons (Fsp3) is 0.500. The molecule has 0 aromatic carbocycles. The molecule has 0 aliphatic heterocycles. The summed E-state index contributed by atoms with van der Waals surface area (Å²) in [5.74, 6) is -0.432. The molecule has 1 aromatic heterocycles. The van der Waals surface area contributed by atoms with Gasteiger partial charge in [0.15, 0.2) is 5.78 Å². The number of hydrogen-bond acceptors (Lipinski definition) is 5. The zero-order valence-electron chi connectivity index (χ0n) is 11.1. The monoisotopic (exact) mass is 265 g/mol. The number of ketones is 1. The number of rotatable bonds is 9. The van der Waals surface area contributed by atoms with Gasteiger partial charge in [0.25, 0.3) is 0 Å². The Morgan fingerprint density at radius 1 is 1.26 bits per heavy atom. The first-order valence-corrected chi connectivity index (χ1v) is 6.37. The molecule has 0 saturated heterocycles. The second kappa shape index (κ2) is 9.22. The van der Waals surface area contributed by atoms with Gasteiger partial charge in [0.2, 0.25) is 0 Å². The first-order chi connectivity index (χ1) is 9.22. The van der Waals surface area contributed by atoms with Crippen LogP contribution in [-0.2, 0) is 25.5 Å². The van der Waals surface area contributed by atoms with Crippen LogP contribution >= 0.6 is 0 Å². The van der Waals surface area contributed by atoms with Gasteiger partial charge >= 0.3 is 5.97 Å². The fourth-order valence-corrected chi connectivity index (χ4v) is 1.46. The van der Waals surface area contributed by atoms with Crippen LogP contribution in [0.25, 0.3) is 0 Å². The molecule has 5 heteroatoms. The maximum absolute atomic E-state index is 11.4. The minimum absolute atomic E-state index is 0.0340. The lowest BCUT2D eigenvalue weighted by Crippen LogP contribution is -2.13. The molecule has 5 nitrogen and oxygen atoms in total. The van der Waals surface area contributed by atoms with Gasteiger partial charge in [-0.25, -0.2) is 0 Å². The number of pyridine rings is 1. The van der Waals surface area contributed by atoms with Gasteiger partial charge in [-0.05, 0) is 19.1 Å². The van der Waals surface area contributed by atoms with E-state index >= 15 is 0 Å². The van der Waals surface area contributed by atoms with Crippen LogP contribution in [0.5, 0.6) is 0 Å². The number of aromatic nitrogens is 1. The van der Waals surface area contributed by atoms with Crippen molar-refractivity contribution in [3.05, 3.63) is 30.1 Å². The molecule has 19 heavy (non-hydrogen) atoms. The number of carbonyl (C=O) groups excluding carboxylic acids is 2. The van der Waals surface area contributed by atoms with Crippen LogP contribution < -0.4 is 0 Å². The summed E-state index contributed by atoms with van der Waals surface area (Å²) in [6.07, 6.45) is 2.69. The molecule has 0 N–H and O–H groups in total. The second-order valence-electron chi connectivity index (χ2n) is 3.97. The fourth-order valence-electron chi connectivity index (χ4n) is 1.46.